The van der Waals surface area contributed by atoms with E-state index < -0.39 is 0 Å². The number of anilines is 1. The Morgan fingerprint density at radius 1 is 1.00 bits per heavy atom. The maximum Gasteiger partial charge on any atom is 0.131 e. The van der Waals surface area contributed by atoms with E-state index in [1.54, 1.807) is 0 Å². The normalized spacial score (nSPS) is 16.4. The van der Waals surface area contributed by atoms with Gasteiger partial charge in [0.25, 0.3) is 0 Å². The van der Waals surface area contributed by atoms with Crippen molar-refractivity contribution >= 4 is 16.5 Å². The molecule has 1 aliphatic rings. The highest BCUT2D eigenvalue weighted by Gasteiger charge is 2.30. The van der Waals surface area contributed by atoms with E-state index in [9.17, 15) is 0 Å². The molecule has 0 amide bonds. The van der Waals surface area contributed by atoms with Crippen LogP contribution in [-0.2, 0) is 0 Å². The summed E-state index contributed by atoms with van der Waals surface area (Å²) in [6, 6.07) is 17.2. The molecule has 0 spiro atoms. The van der Waals surface area contributed by atoms with Gasteiger partial charge in [-0.15, -0.1) is 0 Å². The van der Waals surface area contributed by atoms with Gasteiger partial charge in [0.1, 0.15) is 5.75 Å². The molecule has 2 nitrogen and oxygen atoms in total. The van der Waals surface area contributed by atoms with Gasteiger partial charge in [0.2, 0.25) is 0 Å². The van der Waals surface area contributed by atoms with Crippen molar-refractivity contribution in [2.75, 3.05) is 12.3 Å². The van der Waals surface area contributed by atoms with Crippen molar-refractivity contribution in [2.24, 2.45) is 0 Å². The van der Waals surface area contributed by atoms with Crippen LogP contribution < -0.4 is 10.5 Å². The molecular weight excluding hydrogens is 294 g/mol. The highest BCUT2D eigenvalue weighted by atomic mass is 16.5. The lowest BCUT2D eigenvalue weighted by atomic mass is 9.86. The Morgan fingerprint density at radius 2 is 1.67 bits per heavy atom. The number of rotatable bonds is 2. The van der Waals surface area contributed by atoms with Gasteiger partial charge in [-0.3, -0.25) is 0 Å². The molecule has 1 aliphatic heterocycles. The zero-order chi connectivity index (χ0) is 16.8. The van der Waals surface area contributed by atoms with Crippen molar-refractivity contribution < 1.29 is 4.74 Å². The fourth-order valence-corrected chi connectivity index (χ4v) is 3.78. The fraction of sp³-hybridized carbons (Fsp3) is 0.273. The third kappa shape index (κ3) is 2.17. The minimum absolute atomic E-state index is 0.258. The molecule has 0 fully saturated rings. The zero-order valence-electron chi connectivity index (χ0n) is 14.5. The Hall–Kier alpha value is -2.48. The van der Waals surface area contributed by atoms with Crippen LogP contribution in [0.2, 0.25) is 0 Å². The molecule has 2 N–H and O–H groups in total. The van der Waals surface area contributed by atoms with Gasteiger partial charge in [-0.2, -0.15) is 0 Å². The van der Waals surface area contributed by atoms with Gasteiger partial charge < -0.3 is 10.5 Å². The summed E-state index contributed by atoms with van der Waals surface area (Å²) in [4.78, 5) is 0. The predicted molar refractivity (Wildman–Crippen MR) is 101 cm³/mol. The molecule has 2 heteroatoms. The van der Waals surface area contributed by atoms with E-state index in [0.29, 0.717) is 12.5 Å². The van der Waals surface area contributed by atoms with Gasteiger partial charge in [0.05, 0.1) is 6.61 Å². The Balaban J connectivity index is 1.87. The lowest BCUT2D eigenvalue weighted by molar-refractivity contribution is 0.346. The van der Waals surface area contributed by atoms with E-state index in [-0.39, 0.29) is 5.92 Å². The molecule has 0 radical (unpaired) electrons. The summed E-state index contributed by atoms with van der Waals surface area (Å²) in [6.07, 6.45) is 0. The third-order valence-corrected chi connectivity index (χ3v) is 5.26. The molecule has 1 unspecified atom stereocenters. The number of nitrogen functional groups attached to an aromatic ring is 1. The van der Waals surface area contributed by atoms with Crippen LogP contribution in [0.15, 0.2) is 48.5 Å². The van der Waals surface area contributed by atoms with E-state index >= 15 is 0 Å². The largest absolute Gasteiger partial charge is 0.492 e. The molecule has 0 bridgehead atoms. The molecular formula is C22H23NO. The first-order valence-electron chi connectivity index (χ1n) is 8.61. The fourth-order valence-electron chi connectivity index (χ4n) is 3.78. The molecule has 3 aromatic carbocycles. The summed E-state index contributed by atoms with van der Waals surface area (Å²) >= 11 is 0. The highest BCUT2D eigenvalue weighted by molar-refractivity contribution is 6.00. The van der Waals surface area contributed by atoms with E-state index in [1.165, 1.54) is 16.7 Å². The van der Waals surface area contributed by atoms with Crippen LogP contribution in [-0.4, -0.2) is 6.61 Å². The second-order valence-electron chi connectivity index (χ2n) is 7.01. The van der Waals surface area contributed by atoms with E-state index in [4.69, 9.17) is 10.5 Å². The van der Waals surface area contributed by atoms with E-state index in [1.807, 2.05) is 12.1 Å². The summed E-state index contributed by atoms with van der Waals surface area (Å²) in [5, 5.41) is 2.21. The van der Waals surface area contributed by atoms with Crippen molar-refractivity contribution in [1.82, 2.24) is 0 Å². The molecule has 24 heavy (non-hydrogen) atoms. The number of hydrogen-bond donors (Lipinski definition) is 1. The summed E-state index contributed by atoms with van der Waals surface area (Å²) in [5.74, 6) is 1.82. The van der Waals surface area contributed by atoms with Crippen molar-refractivity contribution in [3.63, 3.8) is 0 Å². The van der Waals surface area contributed by atoms with Crippen LogP contribution in [0.25, 0.3) is 10.8 Å². The van der Waals surface area contributed by atoms with Crippen LogP contribution in [0.3, 0.4) is 0 Å². The van der Waals surface area contributed by atoms with Gasteiger partial charge in [-0.25, -0.2) is 0 Å². The van der Waals surface area contributed by atoms with Crippen molar-refractivity contribution in [3.8, 4) is 5.75 Å². The average Bonchev–Trinajstić information content (AvgIpc) is 3.05. The summed E-state index contributed by atoms with van der Waals surface area (Å²) in [5.41, 5.74) is 12.4. The van der Waals surface area contributed by atoms with Crippen molar-refractivity contribution in [1.29, 1.82) is 0 Å². The quantitative estimate of drug-likeness (QED) is 0.644. The van der Waals surface area contributed by atoms with Gasteiger partial charge in [-0.1, -0.05) is 62.4 Å². The number of benzene rings is 3. The first-order chi connectivity index (χ1) is 11.6. The molecule has 0 aliphatic carbocycles. The lowest BCUT2D eigenvalue weighted by Crippen LogP contribution is -2.05. The second-order valence-corrected chi connectivity index (χ2v) is 7.01. The molecule has 3 aromatic rings. The number of hydrogen-bond acceptors (Lipinski definition) is 2. The molecule has 0 aromatic heterocycles. The van der Waals surface area contributed by atoms with E-state index in [2.05, 4.69) is 57.2 Å². The lowest BCUT2D eigenvalue weighted by Gasteiger charge is -2.16. The van der Waals surface area contributed by atoms with Crippen LogP contribution in [0.1, 0.15) is 47.9 Å². The van der Waals surface area contributed by atoms with Crippen LogP contribution >= 0.6 is 0 Å². The molecule has 122 valence electrons. The third-order valence-electron chi connectivity index (χ3n) is 5.26. The topological polar surface area (TPSA) is 35.2 Å². The van der Waals surface area contributed by atoms with Crippen LogP contribution in [0.5, 0.6) is 5.75 Å². The van der Waals surface area contributed by atoms with Crippen LogP contribution in [0.4, 0.5) is 5.69 Å². The molecule has 1 heterocycles. The number of ether oxygens (including phenoxy) is 1. The van der Waals surface area contributed by atoms with Crippen molar-refractivity contribution in [2.45, 2.75) is 32.6 Å². The standard InChI is InChI=1S/C22H23NO/c1-13(2)15-8-10-16(11-9-15)19-12-24-22-18-7-5-4-6-17(18)21(23)14(3)20(19)22/h4-11,13,19H,12,23H2,1-3H3. The maximum atomic E-state index is 6.44. The Labute approximate surface area is 143 Å². The zero-order valence-corrected chi connectivity index (χ0v) is 14.5. The Bertz CT molecular complexity index is 909. The SMILES string of the molecule is Cc1c2c(c3ccccc3c1N)OCC2c1ccc(C(C)C)cc1. The summed E-state index contributed by atoms with van der Waals surface area (Å²) in [6.45, 7) is 7.25. The van der Waals surface area contributed by atoms with Gasteiger partial charge in [-0.05, 0) is 29.5 Å². The summed E-state index contributed by atoms with van der Waals surface area (Å²) < 4.78 is 6.14. The minimum atomic E-state index is 0.258. The van der Waals surface area contributed by atoms with Gasteiger partial charge in [0, 0.05) is 27.9 Å². The van der Waals surface area contributed by atoms with Crippen LogP contribution in [0, 0.1) is 6.92 Å². The molecule has 4 rings (SSSR count). The minimum Gasteiger partial charge on any atom is -0.492 e. The van der Waals surface area contributed by atoms with Crippen molar-refractivity contribution in [3.05, 3.63) is 70.8 Å². The first kappa shape index (κ1) is 15.1. The average molecular weight is 317 g/mol. The first-order valence-corrected chi connectivity index (χ1v) is 8.61. The number of nitrogens with two attached hydrogens (primary N) is 1. The maximum absolute atomic E-state index is 6.44. The summed E-state index contributed by atoms with van der Waals surface area (Å²) in [7, 11) is 0. The predicted octanol–water partition coefficient (Wildman–Crippen LogP) is 5.38. The molecule has 0 saturated heterocycles. The number of fused-ring (bicyclic) bond motifs is 3. The monoisotopic (exact) mass is 317 g/mol. The van der Waals surface area contributed by atoms with E-state index in [0.717, 1.165) is 27.8 Å². The molecule has 1 atom stereocenters. The second kappa shape index (κ2) is 5.55. The molecule has 0 saturated carbocycles. The highest BCUT2D eigenvalue weighted by Crippen LogP contribution is 2.47. The van der Waals surface area contributed by atoms with Gasteiger partial charge in [0.15, 0.2) is 0 Å². The Kier molecular flexibility index (Phi) is 3.49. The van der Waals surface area contributed by atoms with Gasteiger partial charge >= 0.3 is 0 Å². The smallest absolute Gasteiger partial charge is 0.131 e. The Morgan fingerprint density at radius 3 is 2.33 bits per heavy atom.